The molecular formula is C30H55N3O4. The third-order valence-electron chi connectivity index (χ3n) is 4.95. The molecule has 0 saturated carbocycles. The van der Waals surface area contributed by atoms with Crippen molar-refractivity contribution in [2.24, 2.45) is 5.73 Å². The molecule has 1 fully saturated rings. The van der Waals surface area contributed by atoms with Crippen LogP contribution in [0.5, 0.6) is 5.75 Å². The standard InChI is InChI=1S/C14H22N2O2.C9H15NO.C3H6O.2C2H6/c1-16-8-6-11(7-9-16)15-13-4-3-5-14(18-2)12(13)10-17;1-3-4-5-9(10)6-8(2)7-11;1-2-3-4;2*1-2/h3-5,11,15,17H,6-10H2,1-2H3;3-6,9,11H,1,7,10H2,2H3;3H,2H2,1H3;2*1-2H3/b;5-4?,8-6+;;;. The van der Waals surface area contributed by atoms with Gasteiger partial charge < -0.3 is 35.7 Å². The Hall–Kier alpha value is -2.45. The van der Waals surface area contributed by atoms with Crippen molar-refractivity contribution < 1.29 is 19.7 Å². The van der Waals surface area contributed by atoms with E-state index in [2.05, 4.69) is 23.8 Å². The molecule has 37 heavy (non-hydrogen) atoms. The van der Waals surface area contributed by atoms with E-state index < -0.39 is 0 Å². The van der Waals surface area contributed by atoms with Gasteiger partial charge in [0.1, 0.15) is 12.0 Å². The zero-order chi connectivity index (χ0) is 29.1. The second-order valence-corrected chi connectivity index (χ2v) is 7.81. The van der Waals surface area contributed by atoms with Gasteiger partial charge in [0.05, 0.1) is 20.3 Å². The Morgan fingerprint density at radius 1 is 1.24 bits per heavy atom. The summed E-state index contributed by atoms with van der Waals surface area (Å²) in [7, 11) is 3.79. The number of hydrogen-bond donors (Lipinski definition) is 4. The first-order valence-corrected chi connectivity index (χ1v) is 13.3. The van der Waals surface area contributed by atoms with Crippen LogP contribution >= 0.6 is 0 Å². The van der Waals surface area contributed by atoms with Crippen molar-refractivity contribution in [1.29, 1.82) is 0 Å². The zero-order valence-electron chi connectivity index (χ0n) is 24.7. The van der Waals surface area contributed by atoms with E-state index in [1.165, 1.54) is 0 Å². The van der Waals surface area contributed by atoms with Crippen LogP contribution in [0.4, 0.5) is 5.69 Å². The van der Waals surface area contributed by atoms with E-state index in [-0.39, 0.29) is 19.3 Å². The molecule has 214 valence electrons. The van der Waals surface area contributed by atoms with Gasteiger partial charge in [-0.2, -0.15) is 0 Å². The van der Waals surface area contributed by atoms with Crippen molar-refractivity contribution >= 4 is 12.0 Å². The van der Waals surface area contributed by atoms with Crippen LogP contribution in [0.25, 0.3) is 0 Å². The highest BCUT2D eigenvalue weighted by atomic mass is 16.5. The maximum absolute atomic E-state index is 9.47. The number of benzene rings is 1. The first-order valence-electron chi connectivity index (χ1n) is 13.3. The summed E-state index contributed by atoms with van der Waals surface area (Å²) in [6.45, 7) is 17.5. The van der Waals surface area contributed by atoms with Gasteiger partial charge in [-0.05, 0) is 52.0 Å². The average molecular weight is 522 g/mol. The first kappa shape index (κ1) is 39.1. The lowest BCUT2D eigenvalue weighted by molar-refractivity contribution is -0.107. The van der Waals surface area contributed by atoms with Crippen LogP contribution in [0.3, 0.4) is 0 Å². The fraction of sp³-hybridized carbons (Fsp3) is 0.567. The van der Waals surface area contributed by atoms with Gasteiger partial charge in [0.15, 0.2) is 0 Å². The van der Waals surface area contributed by atoms with Crippen molar-refractivity contribution in [3.05, 3.63) is 60.2 Å². The molecule has 1 unspecified atom stereocenters. The van der Waals surface area contributed by atoms with Gasteiger partial charge in [-0.3, -0.25) is 0 Å². The molecular weight excluding hydrogens is 466 g/mol. The number of likely N-dealkylation sites (tertiary alicyclic amines) is 1. The first-order chi connectivity index (χ1) is 17.9. The van der Waals surface area contributed by atoms with Crippen molar-refractivity contribution in [2.45, 2.75) is 79.5 Å². The smallest absolute Gasteiger partial charge is 0.126 e. The number of rotatable bonds is 9. The number of aliphatic hydroxyl groups excluding tert-OH is 2. The Bertz CT molecular complexity index is 728. The highest BCUT2D eigenvalue weighted by molar-refractivity contribution is 5.57. The van der Waals surface area contributed by atoms with Gasteiger partial charge in [0, 0.05) is 29.8 Å². The van der Waals surface area contributed by atoms with Crippen LogP contribution in [0.2, 0.25) is 0 Å². The van der Waals surface area contributed by atoms with Gasteiger partial charge in [-0.1, -0.05) is 77.1 Å². The molecule has 0 spiro atoms. The van der Waals surface area contributed by atoms with Gasteiger partial charge in [0.2, 0.25) is 0 Å². The Labute approximate surface area is 227 Å². The number of allylic oxidation sites excluding steroid dienone is 2. The van der Waals surface area contributed by atoms with Crippen molar-refractivity contribution in [2.75, 3.05) is 39.2 Å². The number of hydrogen-bond acceptors (Lipinski definition) is 7. The van der Waals surface area contributed by atoms with Crippen LogP contribution in [-0.4, -0.2) is 67.3 Å². The molecule has 1 aromatic rings. The molecule has 0 radical (unpaired) electrons. The predicted molar refractivity (Wildman–Crippen MR) is 160 cm³/mol. The molecule has 2 rings (SSSR count). The molecule has 7 heteroatoms. The van der Waals surface area contributed by atoms with E-state index in [1.54, 1.807) is 25.3 Å². The average Bonchev–Trinajstić information content (AvgIpc) is 2.95. The van der Waals surface area contributed by atoms with Crippen LogP contribution < -0.4 is 15.8 Å². The molecule has 1 aliphatic heterocycles. The molecule has 1 aliphatic rings. The lowest BCUT2D eigenvalue weighted by Crippen LogP contribution is -2.36. The molecule has 0 amide bonds. The van der Waals surface area contributed by atoms with Crippen molar-refractivity contribution in [3.63, 3.8) is 0 Å². The molecule has 7 nitrogen and oxygen atoms in total. The number of carbonyl (C=O) groups excluding carboxylic acids is 1. The number of nitrogens with zero attached hydrogens (tertiary/aromatic N) is 1. The van der Waals surface area contributed by atoms with E-state index in [0.29, 0.717) is 12.5 Å². The van der Waals surface area contributed by atoms with Crippen LogP contribution in [0.1, 0.15) is 66.4 Å². The van der Waals surface area contributed by atoms with E-state index in [9.17, 15) is 9.90 Å². The molecule has 1 heterocycles. The SMILES string of the molecule is C=CC=CC(N)/C=C(\C)CO.CC.CC.CCC=O.COc1cccc(NC2CCN(C)CC2)c1CO. The fourth-order valence-corrected chi connectivity index (χ4v) is 3.07. The van der Waals surface area contributed by atoms with Gasteiger partial charge in [-0.15, -0.1) is 0 Å². The number of nitrogens with two attached hydrogens (primary N) is 1. The van der Waals surface area contributed by atoms with E-state index in [1.807, 2.05) is 65.8 Å². The summed E-state index contributed by atoms with van der Waals surface area (Å²) in [5.41, 5.74) is 8.33. The van der Waals surface area contributed by atoms with Crippen LogP contribution in [0, 0.1) is 0 Å². The summed E-state index contributed by atoms with van der Waals surface area (Å²) in [5.74, 6) is 0.746. The number of piperidine rings is 1. The second kappa shape index (κ2) is 28.1. The Morgan fingerprint density at radius 3 is 2.24 bits per heavy atom. The zero-order valence-corrected chi connectivity index (χ0v) is 24.7. The number of ether oxygens (including phenoxy) is 1. The minimum Gasteiger partial charge on any atom is -0.496 e. The second-order valence-electron chi connectivity index (χ2n) is 7.81. The number of methoxy groups -OCH3 is 1. The normalized spacial score (nSPS) is 14.2. The van der Waals surface area contributed by atoms with E-state index in [0.717, 1.165) is 54.8 Å². The Morgan fingerprint density at radius 2 is 1.81 bits per heavy atom. The monoisotopic (exact) mass is 521 g/mol. The lowest BCUT2D eigenvalue weighted by Gasteiger charge is -2.30. The molecule has 0 aliphatic carbocycles. The maximum atomic E-state index is 9.47. The topological polar surface area (TPSA) is 108 Å². The van der Waals surface area contributed by atoms with Crippen molar-refractivity contribution in [1.82, 2.24) is 4.90 Å². The highest BCUT2D eigenvalue weighted by Gasteiger charge is 2.18. The van der Waals surface area contributed by atoms with Gasteiger partial charge >= 0.3 is 0 Å². The molecule has 1 saturated heterocycles. The molecule has 0 bridgehead atoms. The summed E-state index contributed by atoms with van der Waals surface area (Å²) < 4.78 is 5.27. The summed E-state index contributed by atoms with van der Waals surface area (Å²) >= 11 is 0. The predicted octanol–water partition coefficient (Wildman–Crippen LogP) is 5.34. The highest BCUT2D eigenvalue weighted by Crippen LogP contribution is 2.28. The third-order valence-corrected chi connectivity index (χ3v) is 4.95. The number of aldehydes is 1. The number of nitrogens with one attached hydrogen (secondary N) is 1. The number of carbonyl (C=O) groups is 1. The Balaban J connectivity index is -0.000000521. The minimum atomic E-state index is -0.125. The van der Waals surface area contributed by atoms with E-state index >= 15 is 0 Å². The summed E-state index contributed by atoms with van der Waals surface area (Å²) in [4.78, 5) is 11.5. The molecule has 1 atom stereocenters. The van der Waals surface area contributed by atoms with Crippen molar-refractivity contribution in [3.8, 4) is 5.75 Å². The summed E-state index contributed by atoms with van der Waals surface area (Å²) in [5, 5.41) is 21.6. The fourth-order valence-electron chi connectivity index (χ4n) is 3.07. The number of anilines is 1. The summed E-state index contributed by atoms with van der Waals surface area (Å²) in [6.07, 6.45) is 10.9. The van der Waals surface area contributed by atoms with Gasteiger partial charge in [-0.25, -0.2) is 0 Å². The largest absolute Gasteiger partial charge is 0.496 e. The van der Waals surface area contributed by atoms with Crippen LogP contribution in [0.15, 0.2) is 54.7 Å². The summed E-state index contributed by atoms with van der Waals surface area (Å²) in [6, 6.07) is 6.20. The maximum Gasteiger partial charge on any atom is 0.126 e. The minimum absolute atomic E-state index is 0.00102. The van der Waals surface area contributed by atoms with Crippen LogP contribution in [-0.2, 0) is 11.4 Å². The third kappa shape index (κ3) is 20.3. The lowest BCUT2D eigenvalue weighted by atomic mass is 10.0. The van der Waals surface area contributed by atoms with E-state index in [4.69, 9.17) is 15.6 Å². The molecule has 0 aromatic heterocycles. The molecule has 5 N–H and O–H groups in total. The quantitative estimate of drug-likeness (QED) is 0.197. The Kier molecular flexibility index (Phi) is 29.7. The van der Waals surface area contributed by atoms with Gasteiger partial charge in [0.25, 0.3) is 0 Å². The molecule has 1 aromatic carbocycles. The number of aliphatic hydroxyl groups is 2.